The lowest BCUT2D eigenvalue weighted by Crippen LogP contribution is -2.44. The van der Waals surface area contributed by atoms with E-state index < -0.39 is 23.6 Å². The summed E-state index contributed by atoms with van der Waals surface area (Å²) in [6, 6.07) is 0.634. The monoisotopic (exact) mass is 339 g/mol. The van der Waals surface area contributed by atoms with Crippen LogP contribution in [0.3, 0.4) is 0 Å². The normalized spacial score (nSPS) is 12.0. The van der Waals surface area contributed by atoms with Crippen LogP contribution in [0.4, 0.5) is 0 Å². The molecule has 1 heterocycles. The summed E-state index contributed by atoms with van der Waals surface area (Å²) in [5.41, 5.74) is 5.44. The van der Waals surface area contributed by atoms with Crippen molar-refractivity contribution < 1.29 is 24.2 Å². The Morgan fingerprint density at radius 3 is 2.71 bits per heavy atom. The number of ether oxygens (including phenoxy) is 2. The van der Waals surface area contributed by atoms with Gasteiger partial charge in [0.1, 0.15) is 0 Å². The van der Waals surface area contributed by atoms with Gasteiger partial charge in [-0.1, -0.05) is 13.8 Å². The third kappa shape index (κ3) is 6.13. The quantitative estimate of drug-likeness (QED) is 0.569. The van der Waals surface area contributed by atoms with Gasteiger partial charge in [0.25, 0.3) is 5.91 Å². The number of hydrogen-bond donors (Lipinski definition) is 3. The Labute approximate surface area is 141 Å². The van der Waals surface area contributed by atoms with Gasteiger partial charge in [0.15, 0.2) is 17.2 Å². The number of nitrogens with zero attached hydrogens (tertiary/aromatic N) is 1. The highest BCUT2D eigenvalue weighted by atomic mass is 16.5. The van der Waals surface area contributed by atoms with Crippen molar-refractivity contribution in [2.45, 2.75) is 32.7 Å². The minimum atomic E-state index is -0.820. The van der Waals surface area contributed by atoms with Crippen LogP contribution in [0.5, 0.6) is 11.5 Å². The summed E-state index contributed by atoms with van der Waals surface area (Å²) < 4.78 is 10.3. The maximum Gasteiger partial charge on any atom is 0.280 e. The van der Waals surface area contributed by atoms with Crippen molar-refractivity contribution in [3.63, 3.8) is 0 Å². The minimum absolute atomic E-state index is 0.116. The second kappa shape index (κ2) is 9.84. The zero-order valence-corrected chi connectivity index (χ0v) is 14.2. The van der Waals surface area contributed by atoms with Gasteiger partial charge in [0, 0.05) is 32.4 Å². The number of hydrogen-bond acceptors (Lipinski definition) is 7. The molecule has 134 valence electrons. The van der Waals surface area contributed by atoms with E-state index in [4.69, 9.17) is 15.2 Å². The fourth-order valence-electron chi connectivity index (χ4n) is 1.98. The van der Waals surface area contributed by atoms with Crippen molar-refractivity contribution in [3.05, 3.63) is 18.0 Å². The van der Waals surface area contributed by atoms with E-state index in [9.17, 15) is 14.7 Å². The summed E-state index contributed by atoms with van der Waals surface area (Å²) in [7, 11) is 1.58. The van der Waals surface area contributed by atoms with Crippen LogP contribution in [0.2, 0.25) is 0 Å². The van der Waals surface area contributed by atoms with Crippen LogP contribution < -0.4 is 15.8 Å². The molecule has 8 nitrogen and oxygen atoms in total. The Morgan fingerprint density at radius 2 is 2.08 bits per heavy atom. The molecule has 24 heavy (non-hydrogen) atoms. The van der Waals surface area contributed by atoms with Crippen molar-refractivity contribution in [1.82, 2.24) is 10.3 Å². The first-order chi connectivity index (χ1) is 11.4. The molecule has 1 aromatic rings. The first-order valence-electron chi connectivity index (χ1n) is 7.77. The molecule has 0 fully saturated rings. The van der Waals surface area contributed by atoms with Gasteiger partial charge in [0.2, 0.25) is 5.91 Å². The maximum atomic E-state index is 12.1. The number of aromatic nitrogens is 1. The summed E-state index contributed by atoms with van der Waals surface area (Å²) in [6.45, 7) is 4.67. The van der Waals surface area contributed by atoms with E-state index in [-0.39, 0.29) is 17.4 Å². The van der Waals surface area contributed by atoms with E-state index >= 15 is 0 Å². The molecule has 1 aromatic heterocycles. The van der Waals surface area contributed by atoms with Gasteiger partial charge in [-0.2, -0.15) is 0 Å². The van der Waals surface area contributed by atoms with E-state index in [2.05, 4.69) is 10.3 Å². The second-order valence-electron chi connectivity index (χ2n) is 5.76. The molecule has 0 radical (unpaired) electrons. The van der Waals surface area contributed by atoms with Gasteiger partial charge in [0.05, 0.1) is 12.6 Å². The van der Waals surface area contributed by atoms with E-state index in [1.54, 1.807) is 7.11 Å². The number of imide groups is 1. The number of aromatic hydroxyl groups is 1. The fourth-order valence-corrected chi connectivity index (χ4v) is 1.98. The zero-order chi connectivity index (χ0) is 18.1. The lowest BCUT2D eigenvalue weighted by molar-refractivity contribution is -0.121. The number of carbonyl (C=O) groups is 2. The van der Waals surface area contributed by atoms with E-state index in [0.29, 0.717) is 26.1 Å². The Bertz CT molecular complexity index is 563. The van der Waals surface area contributed by atoms with Crippen molar-refractivity contribution >= 4 is 11.8 Å². The highest BCUT2D eigenvalue weighted by Gasteiger charge is 2.22. The van der Waals surface area contributed by atoms with Crippen LogP contribution in [0.15, 0.2) is 12.3 Å². The number of carbonyl (C=O) groups excluding carboxylic acids is 2. The molecule has 0 aromatic carbocycles. The smallest absolute Gasteiger partial charge is 0.280 e. The molecule has 4 N–H and O–H groups in total. The van der Waals surface area contributed by atoms with Gasteiger partial charge in [-0.05, 0) is 12.3 Å². The zero-order valence-electron chi connectivity index (χ0n) is 14.2. The van der Waals surface area contributed by atoms with Crippen LogP contribution in [0, 0.1) is 5.92 Å². The molecular formula is C16H25N3O5. The highest BCUT2D eigenvalue weighted by molar-refractivity contribution is 6.06. The Kier molecular flexibility index (Phi) is 8.14. The molecule has 1 rings (SSSR count). The third-order valence-corrected chi connectivity index (χ3v) is 3.15. The van der Waals surface area contributed by atoms with E-state index in [1.807, 2.05) is 13.8 Å². The lowest BCUT2D eigenvalue weighted by Gasteiger charge is -2.14. The molecular weight excluding hydrogens is 314 g/mol. The van der Waals surface area contributed by atoms with Crippen LogP contribution in [0.25, 0.3) is 0 Å². The fraction of sp³-hybridized carbons (Fsp3) is 0.562. The molecule has 0 saturated heterocycles. The molecule has 0 bridgehead atoms. The van der Waals surface area contributed by atoms with E-state index in [1.165, 1.54) is 12.3 Å². The second-order valence-corrected chi connectivity index (χ2v) is 5.76. The van der Waals surface area contributed by atoms with Crippen LogP contribution >= 0.6 is 0 Å². The number of amides is 2. The van der Waals surface area contributed by atoms with Crippen LogP contribution in [-0.4, -0.2) is 48.3 Å². The molecule has 0 aliphatic carbocycles. The molecule has 0 spiro atoms. The first kappa shape index (κ1) is 19.9. The molecule has 8 heteroatoms. The predicted octanol–water partition coefficient (Wildman–Crippen LogP) is 0.832. The average Bonchev–Trinajstić information content (AvgIpc) is 2.52. The predicted molar refractivity (Wildman–Crippen MR) is 87.8 cm³/mol. The van der Waals surface area contributed by atoms with Crippen molar-refractivity contribution in [2.75, 3.05) is 20.3 Å². The van der Waals surface area contributed by atoms with Crippen molar-refractivity contribution in [1.29, 1.82) is 0 Å². The minimum Gasteiger partial charge on any atom is -0.503 e. The Morgan fingerprint density at radius 1 is 1.38 bits per heavy atom. The van der Waals surface area contributed by atoms with Crippen molar-refractivity contribution in [3.8, 4) is 11.5 Å². The summed E-state index contributed by atoms with van der Waals surface area (Å²) in [6.07, 6.45) is 2.39. The van der Waals surface area contributed by atoms with Gasteiger partial charge < -0.3 is 20.3 Å². The standard InChI is InChI=1S/C16H25N3O5/c1-10(2)9-11(17)15(21)19-16(22)13-14(20)12(5-6-18-13)24-8-4-7-23-3/h5-6,10-11,20H,4,7-9,17H2,1-3H3,(H,19,21,22)/t11-/m0/s1. The first-order valence-corrected chi connectivity index (χ1v) is 7.77. The van der Waals surface area contributed by atoms with Crippen LogP contribution in [-0.2, 0) is 9.53 Å². The molecule has 2 amide bonds. The highest BCUT2D eigenvalue weighted by Crippen LogP contribution is 2.28. The molecule has 0 aliphatic rings. The Hall–Kier alpha value is -2.19. The number of pyridine rings is 1. The summed E-state index contributed by atoms with van der Waals surface area (Å²) >= 11 is 0. The number of methoxy groups -OCH3 is 1. The van der Waals surface area contributed by atoms with Gasteiger partial charge in [-0.15, -0.1) is 0 Å². The van der Waals surface area contributed by atoms with E-state index in [0.717, 1.165) is 0 Å². The maximum absolute atomic E-state index is 12.1. The van der Waals surface area contributed by atoms with Crippen LogP contribution in [0.1, 0.15) is 37.2 Å². The van der Waals surface area contributed by atoms with Gasteiger partial charge in [-0.3, -0.25) is 14.9 Å². The van der Waals surface area contributed by atoms with Crippen molar-refractivity contribution in [2.24, 2.45) is 11.7 Å². The molecule has 1 atom stereocenters. The Balaban J connectivity index is 2.71. The molecule has 0 saturated carbocycles. The van der Waals surface area contributed by atoms with Gasteiger partial charge >= 0.3 is 0 Å². The SMILES string of the molecule is COCCCOc1ccnc(C(=O)NC(=O)[C@@H](N)CC(C)C)c1O. The average molecular weight is 339 g/mol. The lowest BCUT2D eigenvalue weighted by atomic mass is 10.0. The summed E-state index contributed by atoms with van der Waals surface area (Å²) in [4.78, 5) is 27.8. The number of nitrogens with one attached hydrogen (secondary N) is 1. The summed E-state index contributed by atoms with van der Waals surface area (Å²) in [5.74, 6) is -1.51. The largest absolute Gasteiger partial charge is 0.503 e. The number of rotatable bonds is 9. The third-order valence-electron chi connectivity index (χ3n) is 3.15. The molecule has 0 unspecified atom stereocenters. The number of nitrogens with two attached hydrogens (primary N) is 1. The molecule has 0 aliphatic heterocycles. The topological polar surface area (TPSA) is 124 Å². The summed E-state index contributed by atoms with van der Waals surface area (Å²) in [5, 5.41) is 12.2. The van der Waals surface area contributed by atoms with Gasteiger partial charge in [-0.25, -0.2) is 4.98 Å².